The Balaban J connectivity index is 1.77. The van der Waals surface area contributed by atoms with Crippen molar-refractivity contribution in [2.45, 2.75) is 0 Å². The summed E-state index contributed by atoms with van der Waals surface area (Å²) in [6, 6.07) is 10.6. The van der Waals surface area contributed by atoms with Crippen LogP contribution >= 0.6 is 15.9 Å². The summed E-state index contributed by atoms with van der Waals surface area (Å²) in [5, 5.41) is 10.2. The van der Waals surface area contributed by atoms with Crippen molar-refractivity contribution in [1.82, 2.24) is 15.2 Å². The van der Waals surface area contributed by atoms with Gasteiger partial charge in [-0.05, 0) is 30.3 Å². The van der Waals surface area contributed by atoms with Crippen LogP contribution in [0.3, 0.4) is 0 Å². The minimum Gasteiger partial charge on any atom is -0.403 e. The van der Waals surface area contributed by atoms with Gasteiger partial charge < -0.3 is 4.42 Å². The van der Waals surface area contributed by atoms with Crippen molar-refractivity contribution < 1.29 is 9.21 Å². The first-order chi connectivity index (χ1) is 10.2. The highest BCUT2D eigenvalue weighted by Gasteiger charge is 2.12. The van der Waals surface area contributed by atoms with Crippen molar-refractivity contribution in [3.63, 3.8) is 0 Å². The van der Waals surface area contributed by atoms with Crippen molar-refractivity contribution in [1.29, 1.82) is 0 Å². The van der Waals surface area contributed by atoms with Crippen LogP contribution in [0.1, 0.15) is 10.4 Å². The second-order valence-corrected chi connectivity index (χ2v) is 5.03. The molecular weight excluding hydrogens is 336 g/mol. The SMILES string of the molecule is O=C(Nc1nnc(-c2cccnc2)o1)c1cccc(Br)c1. The maximum absolute atomic E-state index is 12.0. The number of benzene rings is 1. The molecule has 1 N–H and O–H groups in total. The highest BCUT2D eigenvalue weighted by molar-refractivity contribution is 9.10. The van der Waals surface area contributed by atoms with Crippen molar-refractivity contribution >= 4 is 27.9 Å². The Morgan fingerprint density at radius 3 is 2.86 bits per heavy atom. The van der Waals surface area contributed by atoms with Gasteiger partial charge in [0.2, 0.25) is 0 Å². The Morgan fingerprint density at radius 2 is 2.10 bits per heavy atom. The standard InChI is InChI=1S/C14H9BrN4O2/c15-11-5-1-3-9(7-11)12(20)17-14-19-18-13(21-14)10-4-2-6-16-8-10/h1-8H,(H,17,19,20). The molecule has 3 rings (SSSR count). The molecular formula is C14H9BrN4O2. The Labute approximate surface area is 128 Å². The van der Waals surface area contributed by atoms with Gasteiger partial charge in [-0.2, -0.15) is 0 Å². The van der Waals surface area contributed by atoms with Gasteiger partial charge in [-0.25, -0.2) is 0 Å². The molecule has 0 radical (unpaired) electrons. The molecule has 0 saturated heterocycles. The van der Waals surface area contributed by atoms with E-state index >= 15 is 0 Å². The number of aromatic nitrogens is 3. The number of hydrogen-bond donors (Lipinski definition) is 1. The van der Waals surface area contributed by atoms with Crippen LogP contribution in [0.25, 0.3) is 11.5 Å². The first-order valence-corrected chi connectivity index (χ1v) is 6.82. The minimum atomic E-state index is -0.322. The van der Waals surface area contributed by atoms with Crippen LogP contribution in [-0.2, 0) is 0 Å². The van der Waals surface area contributed by atoms with E-state index in [-0.39, 0.29) is 11.9 Å². The van der Waals surface area contributed by atoms with Gasteiger partial charge in [-0.3, -0.25) is 15.1 Å². The van der Waals surface area contributed by atoms with E-state index in [2.05, 4.69) is 36.4 Å². The molecule has 0 saturated carbocycles. The van der Waals surface area contributed by atoms with Gasteiger partial charge in [0, 0.05) is 22.4 Å². The predicted molar refractivity (Wildman–Crippen MR) is 79.6 cm³/mol. The van der Waals surface area contributed by atoms with E-state index in [0.717, 1.165) is 4.47 Å². The van der Waals surface area contributed by atoms with Crippen molar-refractivity contribution in [2.24, 2.45) is 0 Å². The van der Waals surface area contributed by atoms with E-state index in [9.17, 15) is 4.79 Å². The van der Waals surface area contributed by atoms with Crippen LogP contribution in [0.5, 0.6) is 0 Å². The number of anilines is 1. The molecule has 21 heavy (non-hydrogen) atoms. The molecule has 0 aliphatic carbocycles. The smallest absolute Gasteiger partial charge is 0.322 e. The van der Waals surface area contributed by atoms with Gasteiger partial charge in [0.05, 0.1) is 5.56 Å². The number of amides is 1. The third-order valence-electron chi connectivity index (χ3n) is 2.64. The van der Waals surface area contributed by atoms with Gasteiger partial charge >= 0.3 is 6.01 Å². The van der Waals surface area contributed by atoms with E-state index in [1.165, 1.54) is 0 Å². The predicted octanol–water partition coefficient (Wildman–Crippen LogP) is 3.15. The topological polar surface area (TPSA) is 80.9 Å². The lowest BCUT2D eigenvalue weighted by Gasteiger charge is -2.00. The lowest BCUT2D eigenvalue weighted by atomic mass is 10.2. The van der Waals surface area contributed by atoms with Crippen molar-refractivity contribution in [2.75, 3.05) is 5.32 Å². The molecule has 2 aromatic heterocycles. The number of nitrogens with zero attached hydrogens (tertiary/aromatic N) is 3. The summed E-state index contributed by atoms with van der Waals surface area (Å²) >= 11 is 3.31. The first kappa shape index (κ1) is 13.4. The molecule has 6 nitrogen and oxygen atoms in total. The molecule has 104 valence electrons. The molecule has 0 bridgehead atoms. The average Bonchev–Trinajstić information content (AvgIpc) is 2.97. The minimum absolute atomic E-state index is 0.0406. The van der Waals surface area contributed by atoms with Crippen LogP contribution in [0, 0.1) is 0 Å². The van der Waals surface area contributed by atoms with Gasteiger partial charge in [-0.15, -0.1) is 5.10 Å². The fourth-order valence-corrected chi connectivity index (χ4v) is 2.08. The van der Waals surface area contributed by atoms with Gasteiger partial charge in [0.1, 0.15) is 0 Å². The van der Waals surface area contributed by atoms with E-state index in [1.54, 1.807) is 42.7 Å². The molecule has 0 aliphatic heterocycles. The molecule has 1 aromatic carbocycles. The molecule has 0 spiro atoms. The highest BCUT2D eigenvalue weighted by atomic mass is 79.9. The maximum atomic E-state index is 12.0. The number of halogens is 1. The molecule has 0 atom stereocenters. The number of carbonyl (C=O) groups excluding carboxylic acids is 1. The quantitative estimate of drug-likeness (QED) is 0.789. The summed E-state index contributed by atoms with van der Waals surface area (Å²) in [6.45, 7) is 0. The Kier molecular flexibility index (Phi) is 3.74. The number of rotatable bonds is 3. The van der Waals surface area contributed by atoms with Crippen LogP contribution in [0.4, 0.5) is 6.01 Å². The number of carbonyl (C=O) groups is 1. The molecule has 3 aromatic rings. The molecule has 0 aliphatic rings. The summed E-state index contributed by atoms with van der Waals surface area (Å²) in [6.07, 6.45) is 3.25. The third kappa shape index (κ3) is 3.14. The van der Waals surface area contributed by atoms with Gasteiger partial charge in [-0.1, -0.05) is 27.1 Å². The molecule has 0 unspecified atom stereocenters. The fourth-order valence-electron chi connectivity index (χ4n) is 1.68. The van der Waals surface area contributed by atoms with Gasteiger partial charge in [0.15, 0.2) is 0 Å². The maximum Gasteiger partial charge on any atom is 0.322 e. The van der Waals surface area contributed by atoms with E-state index in [4.69, 9.17) is 4.42 Å². The zero-order valence-electron chi connectivity index (χ0n) is 10.7. The van der Waals surface area contributed by atoms with Crippen LogP contribution in [0.15, 0.2) is 57.7 Å². The summed E-state index contributed by atoms with van der Waals surface area (Å²) in [5.41, 5.74) is 1.18. The third-order valence-corrected chi connectivity index (χ3v) is 3.13. The van der Waals surface area contributed by atoms with Crippen molar-refractivity contribution in [3.8, 4) is 11.5 Å². The summed E-state index contributed by atoms with van der Waals surface area (Å²) in [7, 11) is 0. The number of nitrogens with one attached hydrogen (secondary N) is 1. The Hall–Kier alpha value is -2.54. The average molecular weight is 345 g/mol. The van der Waals surface area contributed by atoms with E-state index < -0.39 is 0 Å². The van der Waals surface area contributed by atoms with Crippen LogP contribution in [-0.4, -0.2) is 21.1 Å². The zero-order valence-corrected chi connectivity index (χ0v) is 12.2. The number of hydrogen-bond acceptors (Lipinski definition) is 5. The largest absolute Gasteiger partial charge is 0.403 e. The Morgan fingerprint density at radius 1 is 1.19 bits per heavy atom. The second kappa shape index (κ2) is 5.84. The molecule has 0 fully saturated rings. The highest BCUT2D eigenvalue weighted by Crippen LogP contribution is 2.19. The summed E-state index contributed by atoms with van der Waals surface area (Å²) in [4.78, 5) is 16.0. The molecule has 1 amide bonds. The van der Waals surface area contributed by atoms with Gasteiger partial charge in [0.25, 0.3) is 11.8 Å². The normalized spacial score (nSPS) is 10.3. The summed E-state index contributed by atoms with van der Waals surface area (Å²) in [5.74, 6) is -0.0228. The Bertz CT molecular complexity index is 773. The number of pyridine rings is 1. The van der Waals surface area contributed by atoms with E-state index in [1.807, 2.05) is 6.07 Å². The van der Waals surface area contributed by atoms with Crippen LogP contribution in [0.2, 0.25) is 0 Å². The zero-order chi connectivity index (χ0) is 14.7. The summed E-state index contributed by atoms with van der Waals surface area (Å²) < 4.78 is 6.20. The fraction of sp³-hybridized carbons (Fsp3) is 0. The first-order valence-electron chi connectivity index (χ1n) is 6.03. The van der Waals surface area contributed by atoms with Crippen molar-refractivity contribution in [3.05, 3.63) is 58.8 Å². The molecule has 2 heterocycles. The lowest BCUT2D eigenvalue weighted by molar-refractivity contribution is 0.102. The molecule has 7 heteroatoms. The lowest BCUT2D eigenvalue weighted by Crippen LogP contribution is -2.11. The monoisotopic (exact) mass is 344 g/mol. The second-order valence-electron chi connectivity index (χ2n) is 4.12. The van der Waals surface area contributed by atoms with Crippen LogP contribution < -0.4 is 5.32 Å². The van der Waals surface area contributed by atoms with E-state index in [0.29, 0.717) is 17.0 Å².